The van der Waals surface area contributed by atoms with Crippen molar-refractivity contribution >= 4 is 17.7 Å². The summed E-state index contributed by atoms with van der Waals surface area (Å²) in [6.45, 7) is 2.92. The average molecular weight is 434 g/mol. The van der Waals surface area contributed by atoms with Gasteiger partial charge in [0, 0.05) is 36.2 Å². The molecule has 2 aromatic heterocycles. The molecule has 1 unspecified atom stereocenters. The first-order valence-electron chi connectivity index (χ1n) is 8.63. The molecule has 11 heteroatoms. The maximum Gasteiger partial charge on any atom is 0.490 e. The Bertz CT molecular complexity index is 826. The van der Waals surface area contributed by atoms with E-state index < -0.39 is 12.1 Å². The van der Waals surface area contributed by atoms with E-state index in [1.807, 2.05) is 23.9 Å². The Kier molecular flexibility index (Phi) is 6.37. The molecule has 29 heavy (non-hydrogen) atoms. The number of halogens is 4. The number of carboxylic acid groups (broad SMARTS) is 1. The first-order chi connectivity index (χ1) is 13.7. The van der Waals surface area contributed by atoms with E-state index in [1.165, 1.54) is 6.07 Å². The van der Waals surface area contributed by atoms with Gasteiger partial charge in [-0.1, -0.05) is 0 Å². The van der Waals surface area contributed by atoms with E-state index >= 15 is 0 Å². The molecule has 2 saturated heterocycles. The van der Waals surface area contributed by atoms with Crippen molar-refractivity contribution in [3.05, 3.63) is 48.3 Å². The van der Waals surface area contributed by atoms with Gasteiger partial charge in [-0.05, 0) is 24.3 Å². The molecule has 158 valence electrons. The number of furan rings is 1. The molecular weight excluding hydrogens is 416 g/mol. The van der Waals surface area contributed by atoms with Gasteiger partial charge < -0.3 is 14.3 Å². The van der Waals surface area contributed by atoms with Crippen LogP contribution in [-0.2, 0) is 11.3 Å². The fraction of sp³-hybridized carbons (Fsp3) is 0.444. The quantitative estimate of drug-likeness (QED) is 0.737. The van der Waals surface area contributed by atoms with Crippen LogP contribution in [-0.4, -0.2) is 56.8 Å². The van der Waals surface area contributed by atoms with Crippen molar-refractivity contribution in [2.45, 2.75) is 30.0 Å². The number of ether oxygens (including phenoxy) is 1. The third-order valence-corrected chi connectivity index (χ3v) is 5.98. The molecule has 6 nitrogen and oxygen atoms in total. The van der Waals surface area contributed by atoms with Gasteiger partial charge in [0.25, 0.3) is 5.88 Å². The van der Waals surface area contributed by atoms with Crippen LogP contribution in [0.15, 0.2) is 41.1 Å². The Morgan fingerprint density at radius 3 is 2.69 bits per heavy atom. The lowest BCUT2D eigenvalue weighted by Crippen LogP contribution is -2.58. The van der Waals surface area contributed by atoms with Crippen molar-refractivity contribution in [3.8, 4) is 5.88 Å². The molecule has 1 N–H and O–H groups in total. The normalized spacial score (nSPS) is 20.6. The zero-order valence-corrected chi connectivity index (χ0v) is 15.9. The zero-order valence-electron chi connectivity index (χ0n) is 15.1. The fourth-order valence-corrected chi connectivity index (χ4v) is 4.79. The van der Waals surface area contributed by atoms with Crippen molar-refractivity contribution in [3.63, 3.8) is 0 Å². The minimum absolute atomic E-state index is 0.0418. The Balaban J connectivity index is 0.000000298. The highest BCUT2D eigenvalue weighted by Crippen LogP contribution is 2.46. The number of nitrogens with zero attached hydrogens (tertiary/aromatic N) is 2. The second-order valence-electron chi connectivity index (χ2n) is 6.76. The van der Waals surface area contributed by atoms with E-state index in [9.17, 15) is 17.6 Å². The van der Waals surface area contributed by atoms with E-state index in [4.69, 9.17) is 19.1 Å². The largest absolute Gasteiger partial charge is 0.490 e. The van der Waals surface area contributed by atoms with E-state index in [2.05, 4.69) is 9.88 Å². The molecule has 1 spiro atoms. The summed E-state index contributed by atoms with van der Waals surface area (Å²) < 4.78 is 56.7. The van der Waals surface area contributed by atoms with E-state index in [0.29, 0.717) is 0 Å². The number of thioether (sulfide) groups is 1. The summed E-state index contributed by atoms with van der Waals surface area (Å²) >= 11 is 1.93. The Morgan fingerprint density at radius 2 is 2.10 bits per heavy atom. The smallest absolute Gasteiger partial charge is 0.475 e. The molecule has 4 heterocycles. The monoisotopic (exact) mass is 434 g/mol. The van der Waals surface area contributed by atoms with E-state index in [-0.39, 0.29) is 22.5 Å². The molecule has 0 radical (unpaired) electrons. The Morgan fingerprint density at radius 1 is 1.38 bits per heavy atom. The summed E-state index contributed by atoms with van der Waals surface area (Å²) in [7, 11) is 0. The molecule has 0 aliphatic carbocycles. The second-order valence-corrected chi connectivity index (χ2v) is 8.24. The van der Waals surface area contributed by atoms with E-state index in [1.54, 1.807) is 18.5 Å². The van der Waals surface area contributed by atoms with Crippen LogP contribution in [0.5, 0.6) is 5.88 Å². The van der Waals surface area contributed by atoms with Gasteiger partial charge in [0.2, 0.25) is 0 Å². The molecule has 2 aliphatic heterocycles. The number of hydrogen-bond donors (Lipinski definition) is 1. The van der Waals surface area contributed by atoms with Gasteiger partial charge in [-0.25, -0.2) is 14.2 Å². The molecule has 1 atom stereocenters. The summed E-state index contributed by atoms with van der Waals surface area (Å²) in [5.74, 6) is -1.13. The maximum absolute atomic E-state index is 13.6. The zero-order chi connectivity index (χ0) is 21.1. The minimum atomic E-state index is -5.08. The predicted molar refractivity (Wildman–Crippen MR) is 96.1 cm³/mol. The number of carbonyl (C=O) groups is 1. The van der Waals surface area contributed by atoms with Crippen molar-refractivity contribution in [1.29, 1.82) is 0 Å². The van der Waals surface area contributed by atoms with Gasteiger partial charge in [-0.2, -0.15) is 13.2 Å². The van der Waals surface area contributed by atoms with Gasteiger partial charge in [0.15, 0.2) is 5.82 Å². The van der Waals surface area contributed by atoms with Crippen LogP contribution in [0.3, 0.4) is 0 Å². The van der Waals surface area contributed by atoms with Crippen LogP contribution in [0.1, 0.15) is 12.2 Å². The molecule has 2 aromatic rings. The number of alkyl halides is 3. The molecule has 0 aromatic carbocycles. The highest BCUT2D eigenvalue weighted by Gasteiger charge is 2.49. The summed E-state index contributed by atoms with van der Waals surface area (Å²) in [4.78, 5) is 15.2. The molecular formula is C18H18F4N2O4S. The van der Waals surface area contributed by atoms with Crippen LogP contribution < -0.4 is 4.74 Å². The molecule has 0 amide bonds. The lowest BCUT2D eigenvalue weighted by atomic mass is 9.93. The van der Waals surface area contributed by atoms with Gasteiger partial charge in [0.1, 0.15) is 11.9 Å². The lowest BCUT2D eigenvalue weighted by molar-refractivity contribution is -0.192. The van der Waals surface area contributed by atoms with Crippen molar-refractivity contribution in [2.75, 3.05) is 18.8 Å². The van der Waals surface area contributed by atoms with Crippen molar-refractivity contribution in [2.24, 2.45) is 0 Å². The standard InChI is InChI=1S/C16H17FN2O2S.C2HF3O2/c17-14-4-1-5-18-15(14)21-13-7-16(22-9-13)10-19(11-16)8-12-3-2-6-20-12;3-2(4,5)1(6)7/h1-6,13H,7-11H2;(H,6,7). The number of carboxylic acids is 1. The van der Waals surface area contributed by atoms with E-state index in [0.717, 1.165) is 37.6 Å². The van der Waals surface area contributed by atoms with Crippen LogP contribution in [0.4, 0.5) is 17.6 Å². The SMILES string of the molecule is Fc1cccnc1OC1CSC2(C1)CN(Cc1ccco1)C2.O=C(O)C(F)(F)F. The number of pyridine rings is 1. The second kappa shape index (κ2) is 8.62. The number of aliphatic carboxylic acids is 1. The number of rotatable bonds is 4. The summed E-state index contributed by atoms with van der Waals surface area (Å²) in [6.07, 6.45) is -0.826. The molecule has 0 saturated carbocycles. The molecule has 4 rings (SSSR count). The van der Waals surface area contributed by atoms with Crippen LogP contribution >= 0.6 is 11.8 Å². The van der Waals surface area contributed by atoms with Crippen LogP contribution in [0, 0.1) is 5.82 Å². The molecule has 0 bridgehead atoms. The van der Waals surface area contributed by atoms with Crippen LogP contribution in [0.25, 0.3) is 0 Å². The number of aromatic nitrogens is 1. The summed E-state index contributed by atoms with van der Waals surface area (Å²) in [5.41, 5.74) is 0. The van der Waals surface area contributed by atoms with Crippen molar-refractivity contribution in [1.82, 2.24) is 9.88 Å². The summed E-state index contributed by atoms with van der Waals surface area (Å²) in [6, 6.07) is 6.88. The highest BCUT2D eigenvalue weighted by molar-refractivity contribution is 8.01. The lowest BCUT2D eigenvalue weighted by Gasteiger charge is -2.47. The van der Waals surface area contributed by atoms with Gasteiger partial charge in [-0.3, -0.25) is 4.90 Å². The highest BCUT2D eigenvalue weighted by atomic mass is 32.2. The molecule has 2 aliphatic rings. The Labute approximate surface area is 167 Å². The third-order valence-electron chi connectivity index (χ3n) is 4.40. The van der Waals surface area contributed by atoms with Gasteiger partial charge in [0.05, 0.1) is 12.8 Å². The number of likely N-dealkylation sites (tertiary alicyclic amines) is 1. The van der Waals surface area contributed by atoms with Gasteiger partial charge in [-0.15, -0.1) is 11.8 Å². The first-order valence-corrected chi connectivity index (χ1v) is 9.61. The third kappa shape index (κ3) is 5.63. The number of hydrogen-bond acceptors (Lipinski definition) is 6. The Hall–Kier alpha value is -2.27. The maximum atomic E-state index is 13.6. The molecule has 2 fully saturated rings. The van der Waals surface area contributed by atoms with Crippen molar-refractivity contribution < 1.29 is 36.6 Å². The predicted octanol–water partition coefficient (Wildman–Crippen LogP) is 3.59. The topological polar surface area (TPSA) is 75.8 Å². The minimum Gasteiger partial charge on any atom is -0.475 e. The van der Waals surface area contributed by atoms with Gasteiger partial charge >= 0.3 is 12.1 Å². The average Bonchev–Trinajstić information content (AvgIpc) is 3.27. The summed E-state index contributed by atoms with van der Waals surface area (Å²) in [5, 5.41) is 7.12. The first kappa shape index (κ1) is 21.4. The fourth-order valence-electron chi connectivity index (χ4n) is 3.22. The van der Waals surface area contributed by atoms with Crippen LogP contribution in [0.2, 0.25) is 0 Å².